The van der Waals surface area contributed by atoms with Crippen molar-refractivity contribution in [3.8, 4) is 0 Å². The van der Waals surface area contributed by atoms with Crippen LogP contribution in [0.3, 0.4) is 0 Å². The van der Waals surface area contributed by atoms with Crippen LogP contribution in [-0.2, 0) is 11.3 Å². The van der Waals surface area contributed by atoms with Gasteiger partial charge in [0.25, 0.3) is 0 Å². The third-order valence-corrected chi connectivity index (χ3v) is 3.02. The van der Waals surface area contributed by atoms with Crippen LogP contribution in [0.15, 0.2) is 18.2 Å². The van der Waals surface area contributed by atoms with Gasteiger partial charge in [-0.15, -0.1) is 0 Å². The summed E-state index contributed by atoms with van der Waals surface area (Å²) in [5.41, 5.74) is 9.44. The van der Waals surface area contributed by atoms with Crippen LogP contribution in [0.1, 0.15) is 23.5 Å². The normalized spacial score (nSPS) is 20.6. The van der Waals surface area contributed by atoms with Gasteiger partial charge in [-0.1, -0.05) is 6.07 Å². The number of rotatable bonds is 3. The molecule has 3 heteroatoms. The van der Waals surface area contributed by atoms with Crippen LogP contribution in [0, 0.1) is 0 Å². The Labute approximate surface area is 97.2 Å². The Hall–Kier alpha value is -1.06. The van der Waals surface area contributed by atoms with Crippen LogP contribution in [0.4, 0.5) is 5.69 Å². The lowest BCUT2D eigenvalue weighted by Gasteiger charge is -2.18. The summed E-state index contributed by atoms with van der Waals surface area (Å²) in [5.74, 6) is 0.551. The molecule has 0 radical (unpaired) electrons. The molecule has 88 valence electrons. The van der Waals surface area contributed by atoms with E-state index in [0.717, 1.165) is 31.9 Å². The highest BCUT2D eigenvalue weighted by atomic mass is 16.5. The predicted molar refractivity (Wildman–Crippen MR) is 66.4 cm³/mol. The van der Waals surface area contributed by atoms with Crippen LogP contribution >= 0.6 is 0 Å². The van der Waals surface area contributed by atoms with Gasteiger partial charge >= 0.3 is 0 Å². The molecule has 3 nitrogen and oxygen atoms in total. The van der Waals surface area contributed by atoms with E-state index in [1.165, 1.54) is 11.1 Å². The van der Waals surface area contributed by atoms with Crippen LogP contribution in [-0.4, -0.2) is 32.2 Å². The first-order valence-electron chi connectivity index (χ1n) is 5.77. The number of nitrogens with two attached hydrogens (primary N) is 1. The molecular weight excluding hydrogens is 200 g/mol. The maximum Gasteiger partial charge on any atom is 0.0535 e. The quantitative estimate of drug-likeness (QED) is 0.790. The van der Waals surface area contributed by atoms with Crippen molar-refractivity contribution in [1.82, 2.24) is 4.90 Å². The van der Waals surface area contributed by atoms with Crippen molar-refractivity contribution in [1.29, 1.82) is 0 Å². The molecule has 0 saturated carbocycles. The second-order valence-electron chi connectivity index (χ2n) is 4.76. The summed E-state index contributed by atoms with van der Waals surface area (Å²) in [6.07, 6.45) is 1.13. The van der Waals surface area contributed by atoms with E-state index in [1.807, 2.05) is 6.07 Å². The zero-order valence-electron chi connectivity index (χ0n) is 10.1. The number of hydrogen-bond acceptors (Lipinski definition) is 3. The molecule has 0 bridgehead atoms. The Bertz CT molecular complexity index is 357. The summed E-state index contributed by atoms with van der Waals surface area (Å²) in [5, 5.41) is 0. The average Bonchev–Trinajstić information content (AvgIpc) is 2.69. The third kappa shape index (κ3) is 2.54. The number of hydrogen-bond donors (Lipinski definition) is 1. The molecule has 1 aromatic carbocycles. The van der Waals surface area contributed by atoms with E-state index in [4.69, 9.17) is 10.5 Å². The molecule has 1 aliphatic heterocycles. The maximum atomic E-state index is 5.85. The fourth-order valence-corrected chi connectivity index (χ4v) is 2.28. The lowest BCUT2D eigenvalue weighted by atomic mass is 9.93. The minimum atomic E-state index is 0.551. The number of nitrogen functional groups attached to an aromatic ring is 1. The Morgan fingerprint density at radius 1 is 1.44 bits per heavy atom. The van der Waals surface area contributed by atoms with Gasteiger partial charge in [0.2, 0.25) is 0 Å². The highest BCUT2D eigenvalue weighted by Gasteiger charge is 2.20. The van der Waals surface area contributed by atoms with E-state index in [1.54, 1.807) is 0 Å². The van der Waals surface area contributed by atoms with Crippen molar-refractivity contribution in [3.05, 3.63) is 29.3 Å². The third-order valence-electron chi connectivity index (χ3n) is 3.02. The summed E-state index contributed by atoms with van der Waals surface area (Å²) in [6, 6.07) is 6.24. The van der Waals surface area contributed by atoms with Crippen molar-refractivity contribution in [3.63, 3.8) is 0 Å². The molecule has 1 aliphatic rings. The molecule has 16 heavy (non-hydrogen) atoms. The summed E-state index contributed by atoms with van der Waals surface area (Å²) in [4.78, 5) is 2.17. The first-order chi connectivity index (χ1) is 7.66. The first-order valence-corrected chi connectivity index (χ1v) is 5.77. The van der Waals surface area contributed by atoms with E-state index in [-0.39, 0.29) is 0 Å². The van der Waals surface area contributed by atoms with E-state index in [9.17, 15) is 0 Å². The molecule has 0 aromatic heterocycles. The molecule has 1 saturated heterocycles. The molecule has 2 N–H and O–H groups in total. The Morgan fingerprint density at radius 3 is 2.88 bits per heavy atom. The van der Waals surface area contributed by atoms with E-state index >= 15 is 0 Å². The number of ether oxygens (including phenoxy) is 1. The second-order valence-corrected chi connectivity index (χ2v) is 4.76. The predicted octanol–water partition coefficient (Wildman–Crippen LogP) is 1.83. The molecule has 1 fully saturated rings. The maximum absolute atomic E-state index is 5.85. The van der Waals surface area contributed by atoms with Gasteiger partial charge in [0.1, 0.15) is 0 Å². The summed E-state index contributed by atoms with van der Waals surface area (Å²) < 4.78 is 5.46. The van der Waals surface area contributed by atoms with Crippen molar-refractivity contribution in [2.24, 2.45) is 0 Å². The van der Waals surface area contributed by atoms with Gasteiger partial charge in [-0.25, -0.2) is 0 Å². The minimum Gasteiger partial charge on any atom is -0.399 e. The molecule has 0 spiro atoms. The van der Waals surface area contributed by atoms with Crippen LogP contribution in [0.25, 0.3) is 0 Å². The molecule has 1 unspecified atom stereocenters. The number of nitrogens with zero attached hydrogens (tertiary/aromatic N) is 1. The lowest BCUT2D eigenvalue weighted by molar-refractivity contribution is 0.193. The van der Waals surface area contributed by atoms with Crippen LogP contribution in [0.2, 0.25) is 0 Å². The van der Waals surface area contributed by atoms with E-state index < -0.39 is 0 Å². The molecule has 1 aromatic rings. The summed E-state index contributed by atoms with van der Waals surface area (Å²) in [6.45, 7) is 2.68. The van der Waals surface area contributed by atoms with Crippen molar-refractivity contribution in [2.45, 2.75) is 18.9 Å². The van der Waals surface area contributed by atoms with Gasteiger partial charge in [0.05, 0.1) is 6.61 Å². The van der Waals surface area contributed by atoms with E-state index in [2.05, 4.69) is 31.1 Å². The second kappa shape index (κ2) is 4.85. The molecule has 2 rings (SSSR count). The molecule has 1 atom stereocenters. The van der Waals surface area contributed by atoms with Gasteiger partial charge in [0.15, 0.2) is 0 Å². The molecule has 0 amide bonds. The van der Waals surface area contributed by atoms with Crippen LogP contribution < -0.4 is 5.73 Å². The fraction of sp³-hybridized carbons (Fsp3) is 0.538. The number of benzene rings is 1. The SMILES string of the molecule is CN(C)Cc1cc(N)ccc1C1CCOC1. The van der Waals surface area contributed by atoms with Gasteiger partial charge < -0.3 is 15.4 Å². The highest BCUT2D eigenvalue weighted by molar-refractivity contribution is 5.46. The topological polar surface area (TPSA) is 38.5 Å². The summed E-state index contributed by atoms with van der Waals surface area (Å²) in [7, 11) is 4.16. The first kappa shape index (κ1) is 11.4. The monoisotopic (exact) mass is 220 g/mol. The van der Waals surface area contributed by atoms with Gasteiger partial charge in [-0.05, 0) is 43.8 Å². The smallest absolute Gasteiger partial charge is 0.0535 e. The fourth-order valence-electron chi connectivity index (χ4n) is 2.28. The highest BCUT2D eigenvalue weighted by Crippen LogP contribution is 2.29. The lowest BCUT2D eigenvalue weighted by Crippen LogP contribution is -2.14. The largest absolute Gasteiger partial charge is 0.399 e. The minimum absolute atomic E-state index is 0.551. The Kier molecular flexibility index (Phi) is 3.46. The number of anilines is 1. The summed E-state index contributed by atoms with van der Waals surface area (Å²) >= 11 is 0. The zero-order valence-corrected chi connectivity index (χ0v) is 10.1. The molecule has 0 aliphatic carbocycles. The molecular formula is C13H20N2O. The van der Waals surface area contributed by atoms with Gasteiger partial charge in [0, 0.05) is 24.8 Å². The Morgan fingerprint density at radius 2 is 2.25 bits per heavy atom. The standard InChI is InChI=1S/C13H20N2O/c1-15(2)8-11-7-12(14)3-4-13(11)10-5-6-16-9-10/h3-4,7,10H,5-6,8-9,14H2,1-2H3. The van der Waals surface area contributed by atoms with E-state index in [0.29, 0.717) is 5.92 Å². The molecule has 1 heterocycles. The average molecular weight is 220 g/mol. The zero-order chi connectivity index (χ0) is 11.5. The van der Waals surface area contributed by atoms with Crippen molar-refractivity contribution < 1.29 is 4.74 Å². The Balaban J connectivity index is 2.27. The van der Waals surface area contributed by atoms with Crippen molar-refractivity contribution in [2.75, 3.05) is 33.0 Å². The van der Waals surface area contributed by atoms with Crippen molar-refractivity contribution >= 4 is 5.69 Å². The van der Waals surface area contributed by atoms with Gasteiger partial charge in [-0.3, -0.25) is 0 Å². The van der Waals surface area contributed by atoms with Crippen LogP contribution in [0.5, 0.6) is 0 Å². The van der Waals surface area contributed by atoms with Gasteiger partial charge in [-0.2, -0.15) is 0 Å².